The lowest BCUT2D eigenvalue weighted by molar-refractivity contribution is -0.123. The van der Waals surface area contributed by atoms with Crippen molar-refractivity contribution in [1.82, 2.24) is 4.90 Å². The maximum atomic E-state index is 14.1. The van der Waals surface area contributed by atoms with E-state index in [1.54, 1.807) is 41.2 Å². The number of hydrogen-bond acceptors (Lipinski definition) is 4. The summed E-state index contributed by atoms with van der Waals surface area (Å²) in [6.45, 7) is 2.85. The van der Waals surface area contributed by atoms with E-state index < -0.39 is 4.87 Å². The molecule has 5 rings (SSSR count). The third-order valence-corrected chi connectivity index (χ3v) is 7.80. The van der Waals surface area contributed by atoms with E-state index in [1.807, 2.05) is 49.4 Å². The van der Waals surface area contributed by atoms with Gasteiger partial charge in [0.1, 0.15) is 5.75 Å². The molecule has 2 heterocycles. The summed E-state index contributed by atoms with van der Waals surface area (Å²) >= 11 is 7.60. The Labute approximate surface area is 207 Å². The highest BCUT2D eigenvalue weighted by molar-refractivity contribution is 8.01. The molecule has 8 heteroatoms. The number of rotatable bonds is 4. The summed E-state index contributed by atoms with van der Waals surface area (Å²) in [6.07, 6.45) is 0. The second-order valence-electron chi connectivity index (χ2n) is 8.35. The Hall–Kier alpha value is -3.16. The fraction of sp³-hybridized carbons (Fsp3) is 0.231. The molecule has 3 amide bonds. The number of urea groups is 1. The molecule has 2 aliphatic rings. The lowest BCUT2D eigenvalue weighted by Crippen LogP contribution is -2.51. The highest BCUT2D eigenvalue weighted by Crippen LogP contribution is 2.54. The molecule has 1 N–H and O–H groups in total. The van der Waals surface area contributed by atoms with Crippen LogP contribution in [0.15, 0.2) is 66.7 Å². The van der Waals surface area contributed by atoms with E-state index in [0.29, 0.717) is 29.6 Å². The van der Waals surface area contributed by atoms with Crippen molar-refractivity contribution in [3.63, 3.8) is 0 Å². The Balaban J connectivity index is 1.53. The van der Waals surface area contributed by atoms with Crippen molar-refractivity contribution in [2.24, 2.45) is 0 Å². The number of aryl methyl sites for hydroxylation is 1. The molecule has 1 fully saturated rings. The van der Waals surface area contributed by atoms with Gasteiger partial charge in [0.2, 0.25) is 0 Å². The monoisotopic (exact) mass is 493 g/mol. The number of anilines is 2. The number of halogens is 1. The van der Waals surface area contributed by atoms with Crippen LogP contribution >= 0.6 is 23.4 Å². The highest BCUT2D eigenvalue weighted by atomic mass is 35.5. The SMILES string of the molecule is COc1cccc(CN2C(=O)[C@@]3(SCCN3C(=O)Nc3cccc(Cl)c3)c3cc(C)ccc32)c1. The van der Waals surface area contributed by atoms with Crippen LogP contribution < -0.4 is 15.0 Å². The first-order valence-electron chi connectivity index (χ1n) is 11.0. The van der Waals surface area contributed by atoms with Gasteiger partial charge in [-0.1, -0.05) is 47.5 Å². The molecule has 3 aromatic rings. The number of carbonyl (C=O) groups excluding carboxylic acids is 2. The van der Waals surface area contributed by atoms with Gasteiger partial charge in [-0.15, -0.1) is 11.8 Å². The fourth-order valence-electron chi connectivity index (χ4n) is 4.60. The summed E-state index contributed by atoms with van der Waals surface area (Å²) in [5.41, 5.74) is 4.26. The average molecular weight is 494 g/mol. The van der Waals surface area contributed by atoms with Gasteiger partial charge in [0, 0.05) is 28.6 Å². The first-order valence-corrected chi connectivity index (χ1v) is 12.3. The number of nitrogens with zero attached hydrogens (tertiary/aromatic N) is 2. The molecule has 3 aromatic carbocycles. The van der Waals surface area contributed by atoms with Crippen molar-refractivity contribution >= 4 is 46.7 Å². The van der Waals surface area contributed by atoms with E-state index in [1.165, 1.54) is 11.8 Å². The summed E-state index contributed by atoms with van der Waals surface area (Å²) in [5, 5.41) is 3.46. The summed E-state index contributed by atoms with van der Waals surface area (Å²) < 4.78 is 5.36. The minimum atomic E-state index is -1.11. The van der Waals surface area contributed by atoms with Gasteiger partial charge in [-0.25, -0.2) is 4.79 Å². The number of thioether (sulfide) groups is 1. The van der Waals surface area contributed by atoms with E-state index in [-0.39, 0.29) is 11.9 Å². The van der Waals surface area contributed by atoms with Crippen molar-refractivity contribution in [1.29, 1.82) is 0 Å². The molecular weight excluding hydrogens is 470 g/mol. The standard InChI is InChI=1S/C26H24ClN3O3S/c1-17-9-10-23-22(13-17)26(24(31)29(23)16-18-5-3-8-21(14-18)33-2)30(11-12-34-26)25(32)28-20-7-4-6-19(27)15-20/h3-10,13-15H,11-12,16H2,1-2H3,(H,28,32)/t26-/m0/s1. The van der Waals surface area contributed by atoms with E-state index in [2.05, 4.69) is 5.32 Å². The Morgan fingerprint density at radius 2 is 1.97 bits per heavy atom. The summed E-state index contributed by atoms with van der Waals surface area (Å²) in [6, 6.07) is 20.4. The molecule has 6 nitrogen and oxygen atoms in total. The Bertz CT molecular complexity index is 1280. The topological polar surface area (TPSA) is 61.9 Å². The zero-order valence-corrected chi connectivity index (χ0v) is 20.4. The maximum absolute atomic E-state index is 14.1. The number of hydrogen-bond donors (Lipinski definition) is 1. The minimum Gasteiger partial charge on any atom is -0.497 e. The first-order chi connectivity index (χ1) is 16.4. The lowest BCUT2D eigenvalue weighted by atomic mass is 10.0. The van der Waals surface area contributed by atoms with Gasteiger partial charge in [-0.3, -0.25) is 9.69 Å². The molecule has 0 saturated carbocycles. The number of methoxy groups -OCH3 is 1. The van der Waals surface area contributed by atoms with Gasteiger partial charge in [-0.05, 0) is 48.9 Å². The number of nitrogens with one attached hydrogen (secondary N) is 1. The first kappa shape index (κ1) is 22.6. The van der Waals surface area contributed by atoms with Crippen molar-refractivity contribution in [2.75, 3.05) is 29.6 Å². The van der Waals surface area contributed by atoms with Crippen LogP contribution in [0, 0.1) is 6.92 Å². The Morgan fingerprint density at radius 1 is 1.15 bits per heavy atom. The van der Waals surface area contributed by atoms with Crippen LogP contribution in [0.3, 0.4) is 0 Å². The fourth-order valence-corrected chi connectivity index (χ4v) is 6.24. The molecule has 0 unspecified atom stereocenters. The molecule has 34 heavy (non-hydrogen) atoms. The Kier molecular flexibility index (Phi) is 5.91. The van der Waals surface area contributed by atoms with E-state index in [9.17, 15) is 9.59 Å². The van der Waals surface area contributed by atoms with Crippen LogP contribution in [0.2, 0.25) is 5.02 Å². The summed E-state index contributed by atoms with van der Waals surface area (Å²) in [7, 11) is 1.62. The quantitative estimate of drug-likeness (QED) is 0.511. The maximum Gasteiger partial charge on any atom is 0.323 e. The zero-order valence-electron chi connectivity index (χ0n) is 18.9. The minimum absolute atomic E-state index is 0.111. The predicted octanol–water partition coefficient (Wildman–Crippen LogP) is 5.64. The average Bonchev–Trinajstić information content (AvgIpc) is 3.36. The second kappa shape index (κ2) is 8.89. The smallest absolute Gasteiger partial charge is 0.323 e. The number of ether oxygens (including phenoxy) is 1. The van der Waals surface area contributed by atoms with Crippen LogP contribution in [0.4, 0.5) is 16.2 Å². The van der Waals surface area contributed by atoms with E-state index in [4.69, 9.17) is 16.3 Å². The molecule has 1 spiro atoms. The predicted molar refractivity (Wildman–Crippen MR) is 137 cm³/mol. The molecule has 2 aliphatic heterocycles. The van der Waals surface area contributed by atoms with Gasteiger partial charge < -0.3 is 15.0 Å². The highest BCUT2D eigenvalue weighted by Gasteiger charge is 2.59. The Morgan fingerprint density at radius 3 is 2.76 bits per heavy atom. The van der Waals surface area contributed by atoms with Gasteiger partial charge in [0.25, 0.3) is 5.91 Å². The van der Waals surface area contributed by atoms with Gasteiger partial charge in [-0.2, -0.15) is 0 Å². The second-order valence-corrected chi connectivity index (χ2v) is 10.1. The van der Waals surface area contributed by atoms with E-state index in [0.717, 1.165) is 28.1 Å². The van der Waals surface area contributed by atoms with Crippen LogP contribution in [0.5, 0.6) is 5.75 Å². The molecule has 0 aliphatic carbocycles. The van der Waals surface area contributed by atoms with Gasteiger partial charge >= 0.3 is 6.03 Å². The van der Waals surface area contributed by atoms with Crippen molar-refractivity contribution in [2.45, 2.75) is 18.3 Å². The molecule has 0 aromatic heterocycles. The summed E-state index contributed by atoms with van der Waals surface area (Å²) in [5.74, 6) is 1.29. The van der Waals surface area contributed by atoms with Crippen molar-refractivity contribution in [3.8, 4) is 5.75 Å². The number of amides is 3. The van der Waals surface area contributed by atoms with Crippen molar-refractivity contribution in [3.05, 3.63) is 88.4 Å². The van der Waals surface area contributed by atoms with Crippen LogP contribution in [-0.4, -0.2) is 36.2 Å². The zero-order chi connectivity index (χ0) is 23.9. The third kappa shape index (κ3) is 3.79. The van der Waals surface area contributed by atoms with Crippen LogP contribution in [0.25, 0.3) is 0 Å². The van der Waals surface area contributed by atoms with Gasteiger partial charge in [0.15, 0.2) is 4.87 Å². The molecule has 174 valence electrons. The van der Waals surface area contributed by atoms with E-state index >= 15 is 0 Å². The summed E-state index contributed by atoms with van der Waals surface area (Å²) in [4.78, 5) is 29.9. The molecule has 1 saturated heterocycles. The molecule has 1 atom stereocenters. The van der Waals surface area contributed by atoms with Crippen LogP contribution in [-0.2, 0) is 16.2 Å². The number of fused-ring (bicyclic) bond motifs is 2. The number of carbonyl (C=O) groups is 2. The normalized spacial score (nSPS) is 19.0. The molecular formula is C26H24ClN3O3S. The lowest BCUT2D eigenvalue weighted by Gasteiger charge is -2.33. The largest absolute Gasteiger partial charge is 0.497 e. The van der Waals surface area contributed by atoms with Crippen LogP contribution in [0.1, 0.15) is 16.7 Å². The van der Waals surface area contributed by atoms with Gasteiger partial charge in [0.05, 0.1) is 19.3 Å². The third-order valence-electron chi connectivity index (χ3n) is 6.14. The molecule has 0 radical (unpaired) electrons. The molecule has 0 bridgehead atoms. The number of benzene rings is 3. The van der Waals surface area contributed by atoms with Crippen molar-refractivity contribution < 1.29 is 14.3 Å².